The molecule has 0 saturated heterocycles. The van der Waals surface area contributed by atoms with Gasteiger partial charge in [0.15, 0.2) is 0 Å². The summed E-state index contributed by atoms with van der Waals surface area (Å²) < 4.78 is 0. The molecular weight excluding hydrogens is 272 g/mol. The summed E-state index contributed by atoms with van der Waals surface area (Å²) in [7, 11) is 7.01. The van der Waals surface area contributed by atoms with E-state index in [1.165, 1.54) is 0 Å². The van der Waals surface area contributed by atoms with Gasteiger partial charge in [-0.25, -0.2) is 0 Å². The molecule has 0 aliphatic heterocycles. The summed E-state index contributed by atoms with van der Waals surface area (Å²) in [5, 5.41) is 0. The van der Waals surface area contributed by atoms with Crippen LogP contribution in [0.1, 0.15) is 54.4 Å². The molecule has 0 N–H and O–H groups in total. The maximum absolute atomic E-state index is 3.76. The Balaban J connectivity index is -0.000000102. The smallest absolute Gasteiger partial charge is 0.0273 e. The van der Waals surface area contributed by atoms with E-state index in [9.17, 15) is 0 Å². The fourth-order valence-corrected chi connectivity index (χ4v) is 0.516. The van der Waals surface area contributed by atoms with E-state index in [1.54, 1.807) is 28.2 Å². The van der Waals surface area contributed by atoms with Crippen molar-refractivity contribution < 1.29 is 0 Å². The molecule has 0 atom stereocenters. The van der Waals surface area contributed by atoms with Crippen LogP contribution in [0.5, 0.6) is 0 Å². The van der Waals surface area contributed by atoms with E-state index in [4.69, 9.17) is 0 Å². The van der Waals surface area contributed by atoms with Crippen molar-refractivity contribution in [2.45, 2.75) is 54.4 Å². The molecule has 132 valence electrons. The predicted octanol–water partition coefficient (Wildman–Crippen LogP) is 4.88. The summed E-state index contributed by atoms with van der Waals surface area (Å²) in [4.78, 5) is 15.0. The SMILES string of the molecule is CC(C)C.CC(C)C.CN=CCC=NC.CN=CCC=NC. The minimum atomic E-state index is 0.833. The van der Waals surface area contributed by atoms with E-state index in [-0.39, 0.29) is 0 Å². The molecule has 0 unspecified atom stereocenters. The molecule has 0 bridgehead atoms. The van der Waals surface area contributed by atoms with Crippen LogP contribution in [-0.4, -0.2) is 53.0 Å². The van der Waals surface area contributed by atoms with E-state index in [2.05, 4.69) is 61.5 Å². The second-order valence-electron chi connectivity index (χ2n) is 5.70. The third kappa shape index (κ3) is 131. The minimum absolute atomic E-state index is 0.833. The number of hydrogen-bond acceptors (Lipinski definition) is 4. The lowest BCUT2D eigenvalue weighted by atomic mass is 10.3. The maximum Gasteiger partial charge on any atom is 0.0273 e. The molecule has 0 aromatic heterocycles. The monoisotopic (exact) mass is 312 g/mol. The zero-order chi connectivity index (χ0) is 18.2. The lowest BCUT2D eigenvalue weighted by Crippen LogP contribution is -1.74. The largest absolute Gasteiger partial charge is 0.300 e. The second-order valence-corrected chi connectivity index (χ2v) is 5.70. The van der Waals surface area contributed by atoms with Crippen LogP contribution in [-0.2, 0) is 0 Å². The van der Waals surface area contributed by atoms with Gasteiger partial charge in [-0.2, -0.15) is 0 Å². The van der Waals surface area contributed by atoms with Crippen LogP contribution in [0, 0.1) is 11.8 Å². The maximum atomic E-state index is 3.76. The molecule has 0 aromatic carbocycles. The Morgan fingerprint density at radius 3 is 0.727 bits per heavy atom. The topological polar surface area (TPSA) is 49.4 Å². The summed E-state index contributed by atoms with van der Waals surface area (Å²) in [6.07, 6.45) is 8.96. The van der Waals surface area contributed by atoms with Gasteiger partial charge in [-0.1, -0.05) is 41.5 Å². The summed E-state index contributed by atoms with van der Waals surface area (Å²) in [6, 6.07) is 0. The molecular formula is C18H40N4. The zero-order valence-corrected chi connectivity index (χ0v) is 16.7. The highest BCUT2D eigenvalue weighted by Crippen LogP contribution is 1.81. The number of nitrogens with zero attached hydrogens (tertiary/aromatic N) is 4. The van der Waals surface area contributed by atoms with Gasteiger partial charge in [-0.05, 0) is 11.8 Å². The van der Waals surface area contributed by atoms with Crippen molar-refractivity contribution in [1.29, 1.82) is 0 Å². The first-order valence-corrected chi connectivity index (χ1v) is 7.92. The summed E-state index contributed by atoms with van der Waals surface area (Å²) in [5.41, 5.74) is 0. The van der Waals surface area contributed by atoms with Gasteiger partial charge in [-0.15, -0.1) is 0 Å². The van der Waals surface area contributed by atoms with Gasteiger partial charge >= 0.3 is 0 Å². The molecule has 0 amide bonds. The quantitative estimate of drug-likeness (QED) is 0.664. The predicted molar refractivity (Wildman–Crippen MR) is 108 cm³/mol. The lowest BCUT2D eigenvalue weighted by Gasteiger charge is -1.79. The molecule has 22 heavy (non-hydrogen) atoms. The molecule has 0 radical (unpaired) electrons. The zero-order valence-electron chi connectivity index (χ0n) is 16.7. The van der Waals surface area contributed by atoms with Crippen LogP contribution in [0.4, 0.5) is 0 Å². The van der Waals surface area contributed by atoms with E-state index in [1.807, 2.05) is 24.9 Å². The van der Waals surface area contributed by atoms with Gasteiger partial charge in [0.2, 0.25) is 0 Å². The molecule has 0 saturated carbocycles. The first-order chi connectivity index (χ1) is 10.3. The molecule has 4 heteroatoms. The minimum Gasteiger partial charge on any atom is -0.300 e. The Morgan fingerprint density at radius 1 is 0.500 bits per heavy atom. The lowest BCUT2D eigenvalue weighted by molar-refractivity contribution is 0.736. The summed E-state index contributed by atoms with van der Waals surface area (Å²) in [5.74, 6) is 1.67. The number of rotatable bonds is 4. The average Bonchev–Trinajstić information content (AvgIpc) is 2.39. The summed E-state index contributed by atoms with van der Waals surface area (Å²) >= 11 is 0. The first kappa shape index (κ1) is 28.8. The highest BCUT2D eigenvalue weighted by Gasteiger charge is 1.68. The van der Waals surface area contributed by atoms with Crippen LogP contribution >= 0.6 is 0 Å². The van der Waals surface area contributed by atoms with E-state index < -0.39 is 0 Å². The summed E-state index contributed by atoms with van der Waals surface area (Å²) in [6.45, 7) is 13.0. The third-order valence-electron chi connectivity index (χ3n) is 1.15. The van der Waals surface area contributed by atoms with Crippen LogP contribution in [0.2, 0.25) is 0 Å². The van der Waals surface area contributed by atoms with Crippen LogP contribution < -0.4 is 0 Å². The van der Waals surface area contributed by atoms with Gasteiger partial charge in [0, 0.05) is 65.9 Å². The molecule has 0 aliphatic rings. The second kappa shape index (κ2) is 31.9. The highest BCUT2D eigenvalue weighted by molar-refractivity contribution is 5.79. The normalized spacial score (nSPS) is 10.7. The van der Waals surface area contributed by atoms with Gasteiger partial charge in [0.25, 0.3) is 0 Å². The van der Waals surface area contributed by atoms with Gasteiger partial charge in [-0.3, -0.25) is 0 Å². The Morgan fingerprint density at radius 2 is 0.636 bits per heavy atom. The van der Waals surface area contributed by atoms with Crippen molar-refractivity contribution in [3.05, 3.63) is 0 Å². The highest BCUT2D eigenvalue weighted by atomic mass is 14.7. The van der Waals surface area contributed by atoms with E-state index in [0.29, 0.717) is 0 Å². The van der Waals surface area contributed by atoms with Crippen LogP contribution in [0.3, 0.4) is 0 Å². The van der Waals surface area contributed by atoms with Gasteiger partial charge in [0.1, 0.15) is 0 Å². The standard InChI is InChI=1S/2C5H10N2.2C4H10/c2*1-6-4-3-5-7-2;2*1-4(2)3/h2*4-5H,3H2,1-2H3;2*4H,1-3H3. The molecule has 0 heterocycles. The molecule has 0 spiro atoms. The molecule has 0 fully saturated rings. The fourth-order valence-electron chi connectivity index (χ4n) is 0.516. The van der Waals surface area contributed by atoms with Crippen molar-refractivity contribution in [2.75, 3.05) is 28.2 Å². The Hall–Kier alpha value is -1.32. The Bertz CT molecular complexity index is 211. The van der Waals surface area contributed by atoms with E-state index >= 15 is 0 Å². The van der Waals surface area contributed by atoms with Gasteiger partial charge in [0.05, 0.1) is 0 Å². The van der Waals surface area contributed by atoms with Crippen LogP contribution in [0.15, 0.2) is 20.0 Å². The molecule has 0 rings (SSSR count). The molecule has 4 nitrogen and oxygen atoms in total. The van der Waals surface area contributed by atoms with Crippen molar-refractivity contribution in [2.24, 2.45) is 31.8 Å². The van der Waals surface area contributed by atoms with Crippen LogP contribution in [0.25, 0.3) is 0 Å². The van der Waals surface area contributed by atoms with Crippen molar-refractivity contribution in [3.63, 3.8) is 0 Å². The van der Waals surface area contributed by atoms with Crippen molar-refractivity contribution >= 4 is 24.9 Å². The Labute approximate surface area is 140 Å². The van der Waals surface area contributed by atoms with Gasteiger partial charge < -0.3 is 20.0 Å². The van der Waals surface area contributed by atoms with Crippen molar-refractivity contribution in [3.8, 4) is 0 Å². The average molecular weight is 313 g/mol. The molecule has 0 aliphatic carbocycles. The third-order valence-corrected chi connectivity index (χ3v) is 1.15. The van der Waals surface area contributed by atoms with Crippen molar-refractivity contribution in [1.82, 2.24) is 0 Å². The first-order valence-electron chi connectivity index (χ1n) is 7.92. The number of aliphatic imine (C=N–C) groups is 4. The Kier molecular flexibility index (Phi) is 41.7. The fraction of sp³-hybridized carbons (Fsp3) is 0.778. The molecule has 0 aromatic rings. The van der Waals surface area contributed by atoms with E-state index in [0.717, 1.165) is 24.7 Å². The number of hydrogen-bond donors (Lipinski definition) is 0.